The number of likely N-dealkylation sites (tertiary alicyclic amines) is 1. The molecule has 0 bridgehead atoms. The molecule has 260 valence electrons. The van der Waals surface area contributed by atoms with Gasteiger partial charge in [-0.25, -0.2) is 13.1 Å². The van der Waals surface area contributed by atoms with Gasteiger partial charge in [0.2, 0.25) is 17.9 Å². The Morgan fingerprint density at radius 3 is 2.48 bits per heavy atom. The minimum atomic E-state index is -4.84. The Balaban J connectivity index is 1.25. The van der Waals surface area contributed by atoms with E-state index < -0.39 is 35.0 Å². The third-order valence-corrected chi connectivity index (χ3v) is 10.4. The second-order valence-electron chi connectivity index (χ2n) is 13.0. The van der Waals surface area contributed by atoms with Gasteiger partial charge in [-0.3, -0.25) is 9.69 Å². The van der Waals surface area contributed by atoms with Gasteiger partial charge < -0.3 is 25.8 Å². The molecule has 0 radical (unpaired) electrons. The second-order valence-corrected chi connectivity index (χ2v) is 14.0. The number of hydrogen-bond acceptors (Lipinski definition) is 11. The number of nitrogens with two attached hydrogens (primary N) is 1. The van der Waals surface area contributed by atoms with Crippen LogP contribution in [0.25, 0.3) is 5.69 Å². The molecule has 5 heterocycles. The summed E-state index contributed by atoms with van der Waals surface area (Å²) < 4.78 is 74.0. The zero-order valence-corrected chi connectivity index (χ0v) is 27.3. The number of nitrogens with zero attached hydrogens (tertiary/aromatic N) is 6. The Labute approximate surface area is 277 Å². The predicted octanol–water partition coefficient (Wildman–Crippen LogP) is 3.02. The van der Waals surface area contributed by atoms with E-state index in [0.717, 1.165) is 5.56 Å². The molecule has 1 unspecified atom stereocenters. The van der Waals surface area contributed by atoms with Crippen molar-refractivity contribution in [2.45, 2.75) is 63.3 Å². The lowest BCUT2D eigenvalue weighted by molar-refractivity contribution is -0.198. The van der Waals surface area contributed by atoms with Crippen molar-refractivity contribution < 1.29 is 36.2 Å². The van der Waals surface area contributed by atoms with Crippen molar-refractivity contribution in [3.63, 3.8) is 0 Å². The molecule has 0 amide bonds. The molecule has 13 nitrogen and oxygen atoms in total. The first-order valence-electron chi connectivity index (χ1n) is 15.9. The van der Waals surface area contributed by atoms with Gasteiger partial charge in [0.1, 0.15) is 11.9 Å². The van der Waals surface area contributed by atoms with E-state index in [1.165, 1.54) is 16.8 Å². The van der Waals surface area contributed by atoms with Crippen LogP contribution < -0.4 is 20.7 Å². The highest BCUT2D eigenvalue weighted by atomic mass is 32.2. The van der Waals surface area contributed by atoms with Gasteiger partial charge in [-0.1, -0.05) is 12.1 Å². The normalized spacial score (nSPS) is 21.2. The van der Waals surface area contributed by atoms with Crippen LogP contribution in [0.5, 0.6) is 5.88 Å². The molecule has 48 heavy (non-hydrogen) atoms. The SMILES string of the molecule is Cc1ccn(-c2cc(C3CCN(C[SH](=O)=O)CC3)ccc2[C@@H](Oc2cc(N3CCC4(CC3)CNC(C(=O)O)C4)nc(N)n2)C(F)(F)F)n1. The van der Waals surface area contributed by atoms with Crippen molar-refractivity contribution in [1.82, 2.24) is 30.0 Å². The highest BCUT2D eigenvalue weighted by Gasteiger charge is 2.46. The minimum absolute atomic E-state index is 0.0120. The zero-order valence-electron chi connectivity index (χ0n) is 26.4. The van der Waals surface area contributed by atoms with Crippen molar-refractivity contribution in [3.8, 4) is 11.6 Å². The van der Waals surface area contributed by atoms with E-state index >= 15 is 0 Å². The number of carboxylic acids is 1. The van der Waals surface area contributed by atoms with Crippen LogP contribution in [-0.2, 0) is 15.5 Å². The van der Waals surface area contributed by atoms with Gasteiger partial charge in [0.05, 0.1) is 17.3 Å². The van der Waals surface area contributed by atoms with Crippen LogP contribution in [0.2, 0.25) is 0 Å². The van der Waals surface area contributed by atoms with Gasteiger partial charge in [-0.15, -0.1) is 0 Å². The Morgan fingerprint density at radius 2 is 1.88 bits per heavy atom. The molecule has 4 N–H and O–H groups in total. The summed E-state index contributed by atoms with van der Waals surface area (Å²) in [5.41, 5.74) is 7.32. The van der Waals surface area contributed by atoms with Crippen LogP contribution in [0.15, 0.2) is 36.5 Å². The lowest BCUT2D eigenvalue weighted by atomic mass is 9.76. The number of rotatable bonds is 9. The van der Waals surface area contributed by atoms with E-state index in [1.54, 1.807) is 31.3 Å². The number of benzene rings is 1. The van der Waals surface area contributed by atoms with E-state index in [2.05, 4.69) is 20.4 Å². The molecule has 0 aliphatic carbocycles. The summed E-state index contributed by atoms with van der Waals surface area (Å²) in [7, 11) is -2.53. The van der Waals surface area contributed by atoms with Crippen molar-refractivity contribution >= 4 is 28.4 Å². The van der Waals surface area contributed by atoms with Crippen molar-refractivity contribution in [1.29, 1.82) is 0 Å². The van der Waals surface area contributed by atoms with Crippen molar-refractivity contribution in [2.75, 3.05) is 49.2 Å². The quantitative estimate of drug-likeness (QED) is 0.242. The van der Waals surface area contributed by atoms with E-state index in [0.29, 0.717) is 76.3 Å². The molecule has 3 aliphatic rings. The lowest BCUT2D eigenvalue weighted by Gasteiger charge is -2.39. The van der Waals surface area contributed by atoms with Gasteiger partial charge in [0.25, 0.3) is 0 Å². The van der Waals surface area contributed by atoms with E-state index in [4.69, 9.17) is 10.5 Å². The Kier molecular flexibility index (Phi) is 9.55. The summed E-state index contributed by atoms with van der Waals surface area (Å²) in [6, 6.07) is 7.25. The summed E-state index contributed by atoms with van der Waals surface area (Å²) in [5, 5.41) is 16.9. The minimum Gasteiger partial charge on any atom is -0.480 e. The third-order valence-electron chi connectivity index (χ3n) is 9.73. The van der Waals surface area contributed by atoms with Crippen LogP contribution >= 0.6 is 0 Å². The number of anilines is 2. The Hall–Kier alpha value is -3.96. The number of carbonyl (C=O) groups is 1. The van der Waals surface area contributed by atoms with E-state index in [-0.39, 0.29) is 40.3 Å². The molecule has 2 atom stereocenters. The molecular formula is C31H39F3N8O5S. The summed E-state index contributed by atoms with van der Waals surface area (Å²) in [6.07, 6.45) is -2.44. The number of halogens is 3. The molecule has 1 aromatic carbocycles. The van der Waals surface area contributed by atoms with Gasteiger partial charge in [-0.05, 0) is 81.1 Å². The summed E-state index contributed by atoms with van der Waals surface area (Å²) in [5.74, 6) is -1.09. The number of piperidine rings is 2. The van der Waals surface area contributed by atoms with Crippen LogP contribution in [0, 0.1) is 12.3 Å². The van der Waals surface area contributed by atoms with E-state index in [9.17, 15) is 31.5 Å². The van der Waals surface area contributed by atoms with Crippen LogP contribution in [0.4, 0.5) is 24.9 Å². The average Bonchev–Trinajstić information content (AvgIpc) is 3.66. The van der Waals surface area contributed by atoms with E-state index in [1.807, 2.05) is 9.80 Å². The maximum absolute atomic E-state index is 14.9. The van der Waals surface area contributed by atoms with Crippen LogP contribution in [0.3, 0.4) is 0 Å². The summed E-state index contributed by atoms with van der Waals surface area (Å²) in [6.45, 7) is 4.50. The Morgan fingerprint density at radius 1 is 1.15 bits per heavy atom. The molecule has 3 aliphatic heterocycles. The lowest BCUT2D eigenvalue weighted by Crippen LogP contribution is -2.41. The largest absolute Gasteiger partial charge is 0.480 e. The highest BCUT2D eigenvalue weighted by molar-refractivity contribution is 7.72. The monoisotopic (exact) mass is 692 g/mol. The second kappa shape index (κ2) is 13.5. The molecule has 3 aromatic rings. The first-order valence-corrected chi connectivity index (χ1v) is 17.2. The first-order chi connectivity index (χ1) is 22.8. The molecule has 3 fully saturated rings. The standard InChI is InChI=1S/C31H39F3N8O5S/c1-19-4-11-42(39-19)24-14-21(20-5-9-40(10-6-20)18-48(45)46)2-3-22(24)27(31(32,33)34)47-26-15-25(37-29(35)38-26)41-12-7-30(8-13-41)16-23(28(43)44)36-17-30/h2-4,11,14-15,20,23,27,36,48H,5-10,12-13,16-18H2,1H3,(H,43,44)(H2,35,37,38)/t23?,27-/m1/s1. The molecule has 3 saturated heterocycles. The zero-order chi connectivity index (χ0) is 34.2. The first kappa shape index (κ1) is 33.9. The number of alkyl halides is 3. The van der Waals surface area contributed by atoms with Crippen molar-refractivity contribution in [3.05, 3.63) is 53.3 Å². The van der Waals surface area contributed by atoms with Crippen molar-refractivity contribution in [2.24, 2.45) is 5.41 Å². The van der Waals surface area contributed by atoms with Gasteiger partial charge in [-0.2, -0.15) is 28.2 Å². The average molecular weight is 693 g/mol. The molecule has 17 heteroatoms. The molecular weight excluding hydrogens is 653 g/mol. The van der Waals surface area contributed by atoms with Gasteiger partial charge >= 0.3 is 12.1 Å². The Bertz CT molecular complexity index is 1710. The van der Waals surface area contributed by atoms with Gasteiger partial charge in [0, 0.05) is 37.5 Å². The van der Waals surface area contributed by atoms with Crippen LogP contribution in [-0.4, -0.2) is 95.0 Å². The topological polar surface area (TPSA) is 169 Å². The number of thiol groups is 1. The summed E-state index contributed by atoms with van der Waals surface area (Å²) >= 11 is 0. The molecule has 1 spiro atoms. The number of ether oxygens (including phenoxy) is 1. The fraction of sp³-hybridized carbons (Fsp3) is 0.548. The number of carboxylic acid groups (broad SMARTS) is 1. The number of nitrogens with one attached hydrogen (secondary N) is 1. The fourth-order valence-corrected chi connectivity index (χ4v) is 7.73. The van der Waals surface area contributed by atoms with Crippen LogP contribution in [0.1, 0.15) is 60.9 Å². The third kappa shape index (κ3) is 7.52. The molecule has 0 saturated carbocycles. The number of nitrogen functional groups attached to an aromatic ring is 1. The number of aryl methyl sites for hydroxylation is 1. The summed E-state index contributed by atoms with van der Waals surface area (Å²) in [4.78, 5) is 23.5. The fourth-order valence-electron chi connectivity index (χ4n) is 7.12. The molecule has 2 aromatic heterocycles. The maximum atomic E-state index is 14.9. The number of hydrogen-bond donors (Lipinski definition) is 4. The smallest absolute Gasteiger partial charge is 0.429 e. The molecule has 6 rings (SSSR count). The number of aromatic nitrogens is 4. The van der Waals surface area contributed by atoms with Gasteiger partial charge in [0.15, 0.2) is 10.7 Å². The highest BCUT2D eigenvalue weighted by Crippen LogP contribution is 2.43. The maximum Gasteiger partial charge on any atom is 0.429 e. The number of aliphatic carboxylic acids is 1. The predicted molar refractivity (Wildman–Crippen MR) is 171 cm³/mol.